The largest absolute Gasteiger partial charge is 0.341 e. The van der Waals surface area contributed by atoms with Crippen LogP contribution in [0.25, 0.3) is 0 Å². The molecule has 0 radical (unpaired) electrons. The van der Waals surface area contributed by atoms with E-state index in [1.54, 1.807) is 47.4 Å². The third kappa shape index (κ3) is 4.93. The third-order valence-corrected chi connectivity index (χ3v) is 7.54. The smallest absolute Gasteiger partial charge is 0.264 e. The summed E-state index contributed by atoms with van der Waals surface area (Å²) in [5.41, 5.74) is 2.20. The summed E-state index contributed by atoms with van der Waals surface area (Å²) in [7, 11) is -3.92. The molecule has 1 atom stereocenters. The monoisotopic (exact) mass is 434 g/mol. The van der Waals surface area contributed by atoms with Crippen LogP contribution in [0, 0.1) is 19.8 Å². The van der Waals surface area contributed by atoms with Crippen LogP contribution in [0.1, 0.15) is 30.9 Å². The van der Waals surface area contributed by atoms with Crippen LogP contribution in [-0.4, -0.2) is 38.9 Å². The summed E-state index contributed by atoms with van der Waals surface area (Å²) in [6, 6.07) is 11.7. The molecule has 0 N–H and O–H groups in total. The first-order valence-electron chi connectivity index (χ1n) is 9.82. The number of sulfonamides is 1. The van der Waals surface area contributed by atoms with Crippen LogP contribution < -0.4 is 4.31 Å². The van der Waals surface area contributed by atoms with Gasteiger partial charge in [0.2, 0.25) is 5.91 Å². The van der Waals surface area contributed by atoms with Gasteiger partial charge in [-0.3, -0.25) is 9.10 Å². The Bertz CT molecular complexity index is 990. The Kier molecular flexibility index (Phi) is 6.54. The van der Waals surface area contributed by atoms with Gasteiger partial charge in [-0.05, 0) is 62.4 Å². The fraction of sp³-hybridized carbons (Fsp3) is 0.409. The summed E-state index contributed by atoms with van der Waals surface area (Å²) in [5, 5.41) is 0.464. The summed E-state index contributed by atoms with van der Waals surface area (Å²) < 4.78 is 28.0. The van der Waals surface area contributed by atoms with Crippen molar-refractivity contribution in [1.82, 2.24) is 4.90 Å². The molecule has 1 amide bonds. The molecule has 0 spiro atoms. The molecule has 29 heavy (non-hydrogen) atoms. The molecule has 0 bridgehead atoms. The van der Waals surface area contributed by atoms with Crippen molar-refractivity contribution in [2.24, 2.45) is 5.92 Å². The number of aryl methyl sites for hydroxylation is 2. The van der Waals surface area contributed by atoms with Gasteiger partial charge in [0.1, 0.15) is 6.54 Å². The van der Waals surface area contributed by atoms with E-state index in [9.17, 15) is 13.2 Å². The first-order valence-corrected chi connectivity index (χ1v) is 11.6. The minimum atomic E-state index is -3.92. The Hall–Kier alpha value is -2.05. The van der Waals surface area contributed by atoms with Crippen molar-refractivity contribution in [2.45, 2.75) is 38.5 Å². The quantitative estimate of drug-likeness (QED) is 0.700. The van der Waals surface area contributed by atoms with Crippen molar-refractivity contribution in [2.75, 3.05) is 23.9 Å². The Morgan fingerprint density at radius 2 is 1.86 bits per heavy atom. The molecule has 1 fully saturated rings. The first-order chi connectivity index (χ1) is 13.7. The number of nitrogens with zero attached hydrogens (tertiary/aromatic N) is 2. The molecule has 1 aliphatic rings. The topological polar surface area (TPSA) is 57.7 Å². The van der Waals surface area contributed by atoms with E-state index < -0.39 is 10.0 Å². The number of rotatable bonds is 5. The molecule has 5 nitrogen and oxygen atoms in total. The van der Waals surface area contributed by atoms with Crippen molar-refractivity contribution in [3.05, 3.63) is 58.6 Å². The second-order valence-electron chi connectivity index (χ2n) is 7.85. The average molecular weight is 435 g/mol. The maximum Gasteiger partial charge on any atom is 0.264 e. The number of carbonyl (C=O) groups is 1. The minimum absolute atomic E-state index is 0.152. The molecule has 1 saturated heterocycles. The van der Waals surface area contributed by atoms with Crippen molar-refractivity contribution in [1.29, 1.82) is 0 Å². The summed E-state index contributed by atoms with van der Waals surface area (Å²) >= 11 is 6.26. The molecule has 2 aromatic carbocycles. The van der Waals surface area contributed by atoms with E-state index in [2.05, 4.69) is 6.92 Å². The molecule has 0 unspecified atom stereocenters. The van der Waals surface area contributed by atoms with Crippen molar-refractivity contribution < 1.29 is 13.2 Å². The van der Waals surface area contributed by atoms with Crippen LogP contribution in [0.15, 0.2) is 47.4 Å². The molecule has 0 aliphatic carbocycles. The van der Waals surface area contributed by atoms with Crippen LogP contribution in [0.4, 0.5) is 5.69 Å². The van der Waals surface area contributed by atoms with E-state index in [0.717, 1.165) is 24.0 Å². The lowest BCUT2D eigenvalue weighted by molar-refractivity contribution is -0.131. The van der Waals surface area contributed by atoms with Gasteiger partial charge < -0.3 is 4.90 Å². The van der Waals surface area contributed by atoms with Crippen molar-refractivity contribution in [3.63, 3.8) is 0 Å². The van der Waals surface area contributed by atoms with Gasteiger partial charge in [0.15, 0.2) is 0 Å². The fourth-order valence-corrected chi connectivity index (χ4v) is 5.11. The zero-order valence-corrected chi connectivity index (χ0v) is 18.6. The SMILES string of the molecule is Cc1ccc(S(=O)(=O)N(CC(=O)N2CCC[C@@H](C)C2)c2ccc(C)c(Cl)c2)cc1. The van der Waals surface area contributed by atoms with E-state index in [0.29, 0.717) is 29.7 Å². The molecular formula is C22H27ClN2O3S. The summed E-state index contributed by atoms with van der Waals surface area (Å²) in [5.74, 6) is 0.229. The molecule has 0 saturated carbocycles. The molecule has 3 rings (SSSR count). The maximum absolute atomic E-state index is 13.4. The van der Waals surface area contributed by atoms with Crippen LogP contribution in [0.3, 0.4) is 0 Å². The van der Waals surface area contributed by atoms with Gasteiger partial charge >= 0.3 is 0 Å². The lowest BCUT2D eigenvalue weighted by Crippen LogP contribution is -2.46. The van der Waals surface area contributed by atoms with Crippen LogP contribution >= 0.6 is 11.6 Å². The molecule has 0 aromatic heterocycles. The molecular weight excluding hydrogens is 408 g/mol. The molecule has 1 aliphatic heterocycles. The van der Waals surface area contributed by atoms with Gasteiger partial charge in [-0.25, -0.2) is 8.42 Å². The highest BCUT2D eigenvalue weighted by Gasteiger charge is 2.30. The number of carbonyl (C=O) groups excluding carboxylic acids is 1. The standard InChI is InChI=1S/C22H27ClN2O3S/c1-16-6-10-20(11-7-16)29(27,28)25(19-9-8-18(3)21(23)13-19)15-22(26)24-12-4-5-17(2)14-24/h6-11,13,17H,4-5,12,14-15H2,1-3H3/t17-/m1/s1. The summed E-state index contributed by atoms with van der Waals surface area (Å²) in [6.45, 7) is 6.94. The van der Waals surface area contributed by atoms with E-state index in [1.807, 2.05) is 13.8 Å². The number of piperidine rings is 1. The fourth-order valence-electron chi connectivity index (χ4n) is 3.53. The van der Waals surface area contributed by atoms with Crippen molar-refractivity contribution in [3.8, 4) is 0 Å². The highest BCUT2D eigenvalue weighted by Crippen LogP contribution is 2.28. The van der Waals surface area contributed by atoms with Gasteiger partial charge in [-0.2, -0.15) is 0 Å². The van der Waals surface area contributed by atoms with Crippen LogP contribution in [0.2, 0.25) is 5.02 Å². The normalized spacial score (nSPS) is 17.2. The molecule has 156 valence electrons. The van der Waals surface area contributed by atoms with E-state index in [1.165, 1.54) is 4.31 Å². The number of hydrogen-bond acceptors (Lipinski definition) is 3. The number of benzene rings is 2. The third-order valence-electron chi connectivity index (χ3n) is 5.34. The number of hydrogen-bond donors (Lipinski definition) is 0. The van der Waals surface area contributed by atoms with Crippen molar-refractivity contribution >= 4 is 33.2 Å². The van der Waals surface area contributed by atoms with E-state index in [-0.39, 0.29) is 17.3 Å². The highest BCUT2D eigenvalue weighted by atomic mass is 35.5. The van der Waals surface area contributed by atoms with Gasteiger partial charge in [-0.15, -0.1) is 0 Å². The van der Waals surface area contributed by atoms with Gasteiger partial charge in [0, 0.05) is 18.1 Å². The van der Waals surface area contributed by atoms with Gasteiger partial charge in [-0.1, -0.05) is 42.3 Å². The number of amides is 1. The zero-order chi connectivity index (χ0) is 21.2. The highest BCUT2D eigenvalue weighted by molar-refractivity contribution is 7.92. The van der Waals surface area contributed by atoms with E-state index in [4.69, 9.17) is 11.6 Å². The molecule has 1 heterocycles. The Morgan fingerprint density at radius 1 is 1.17 bits per heavy atom. The number of likely N-dealkylation sites (tertiary alicyclic amines) is 1. The summed E-state index contributed by atoms with van der Waals surface area (Å²) in [4.78, 5) is 14.9. The van der Waals surface area contributed by atoms with Gasteiger partial charge in [0.25, 0.3) is 10.0 Å². The second-order valence-corrected chi connectivity index (χ2v) is 10.1. The Balaban J connectivity index is 1.98. The van der Waals surface area contributed by atoms with Crippen LogP contribution in [-0.2, 0) is 14.8 Å². The minimum Gasteiger partial charge on any atom is -0.341 e. The average Bonchev–Trinajstić information content (AvgIpc) is 2.68. The van der Waals surface area contributed by atoms with E-state index >= 15 is 0 Å². The second kappa shape index (κ2) is 8.76. The molecule has 2 aromatic rings. The summed E-state index contributed by atoms with van der Waals surface area (Å²) in [6.07, 6.45) is 2.02. The zero-order valence-electron chi connectivity index (χ0n) is 17.1. The lowest BCUT2D eigenvalue weighted by atomic mass is 10.0. The Labute approximate surface area is 178 Å². The first kappa shape index (κ1) is 21.7. The Morgan fingerprint density at radius 3 is 2.48 bits per heavy atom. The molecule has 7 heteroatoms. The van der Waals surface area contributed by atoms with Gasteiger partial charge in [0.05, 0.1) is 10.6 Å². The maximum atomic E-state index is 13.4. The van der Waals surface area contributed by atoms with Crippen LogP contribution in [0.5, 0.6) is 0 Å². The lowest BCUT2D eigenvalue weighted by Gasteiger charge is -2.33. The predicted molar refractivity (Wildman–Crippen MR) is 117 cm³/mol. The number of halogens is 1. The predicted octanol–water partition coefficient (Wildman–Crippen LogP) is 4.41. The number of anilines is 1.